The zero-order valence-electron chi connectivity index (χ0n) is 13.2. The van der Waals surface area contributed by atoms with E-state index in [0.717, 1.165) is 25.7 Å². The fraction of sp³-hybridized carbons (Fsp3) is 0.278. The minimum Gasteiger partial charge on any atom is -0.397 e. The van der Waals surface area contributed by atoms with Gasteiger partial charge in [0.2, 0.25) is 0 Å². The zero-order valence-corrected chi connectivity index (χ0v) is 14.1. The highest BCUT2D eigenvalue weighted by atomic mass is 32.2. The van der Waals surface area contributed by atoms with Crippen LogP contribution in [0.5, 0.6) is 0 Å². The van der Waals surface area contributed by atoms with Crippen molar-refractivity contribution in [3.8, 4) is 0 Å². The van der Waals surface area contributed by atoms with Crippen molar-refractivity contribution in [1.29, 1.82) is 0 Å². The molecule has 1 saturated carbocycles. The van der Waals surface area contributed by atoms with Crippen LogP contribution < -0.4 is 11.1 Å². The van der Waals surface area contributed by atoms with Gasteiger partial charge in [0.1, 0.15) is 0 Å². The molecule has 0 radical (unpaired) electrons. The van der Waals surface area contributed by atoms with Crippen molar-refractivity contribution in [3.05, 3.63) is 54.1 Å². The minimum absolute atomic E-state index is 0.283. The van der Waals surface area contributed by atoms with Gasteiger partial charge < -0.3 is 11.1 Å². The molecular weight excluding hydrogens is 324 g/mol. The lowest BCUT2D eigenvalue weighted by Crippen LogP contribution is -2.18. The number of carbonyl (C=O) groups is 1. The molecule has 3 N–H and O–H groups in total. The van der Waals surface area contributed by atoms with Crippen LogP contribution in [0.3, 0.4) is 0 Å². The van der Waals surface area contributed by atoms with Gasteiger partial charge in [-0.25, -0.2) is 8.42 Å². The van der Waals surface area contributed by atoms with Crippen LogP contribution in [0.4, 0.5) is 11.4 Å². The van der Waals surface area contributed by atoms with E-state index in [0.29, 0.717) is 16.9 Å². The predicted molar refractivity (Wildman–Crippen MR) is 94.7 cm³/mol. The second-order valence-corrected chi connectivity index (χ2v) is 8.25. The van der Waals surface area contributed by atoms with Gasteiger partial charge in [0.15, 0.2) is 9.84 Å². The lowest BCUT2D eigenvalue weighted by Gasteiger charge is -2.12. The van der Waals surface area contributed by atoms with Crippen LogP contribution >= 0.6 is 0 Å². The van der Waals surface area contributed by atoms with Crippen LogP contribution in [0.2, 0.25) is 0 Å². The Hall–Kier alpha value is -2.34. The summed E-state index contributed by atoms with van der Waals surface area (Å²) < 4.78 is 25.1. The van der Waals surface area contributed by atoms with Crippen molar-refractivity contribution >= 4 is 27.1 Å². The van der Waals surface area contributed by atoms with Crippen LogP contribution in [-0.2, 0) is 9.84 Å². The fourth-order valence-corrected chi connectivity index (χ4v) is 4.85. The van der Waals surface area contributed by atoms with Gasteiger partial charge >= 0.3 is 0 Å². The van der Waals surface area contributed by atoms with E-state index >= 15 is 0 Å². The Balaban J connectivity index is 1.77. The first-order valence-electron chi connectivity index (χ1n) is 7.98. The van der Waals surface area contributed by atoms with E-state index in [1.165, 1.54) is 24.3 Å². The Morgan fingerprint density at radius 1 is 1.00 bits per heavy atom. The van der Waals surface area contributed by atoms with Gasteiger partial charge in [-0.3, -0.25) is 4.79 Å². The van der Waals surface area contributed by atoms with Crippen LogP contribution in [0.15, 0.2) is 53.4 Å². The molecule has 2 aromatic carbocycles. The molecule has 1 amide bonds. The van der Waals surface area contributed by atoms with Gasteiger partial charge in [0.05, 0.1) is 21.5 Å². The molecule has 5 nitrogen and oxygen atoms in total. The summed E-state index contributed by atoms with van der Waals surface area (Å²) in [6.07, 6.45) is 3.36. The number of carbonyl (C=O) groups excluding carboxylic acids is 1. The minimum atomic E-state index is -3.30. The normalized spacial score (nSPS) is 15.3. The highest BCUT2D eigenvalue weighted by Gasteiger charge is 2.30. The summed E-state index contributed by atoms with van der Waals surface area (Å²) in [6.45, 7) is 0. The van der Waals surface area contributed by atoms with Crippen LogP contribution in [0.1, 0.15) is 36.0 Å². The zero-order chi connectivity index (χ0) is 17.2. The number of nitrogen functional groups attached to an aromatic ring is 1. The highest BCUT2D eigenvalue weighted by molar-refractivity contribution is 7.92. The SMILES string of the molecule is Nc1ccccc1NC(=O)c1ccc(S(=O)(=O)C2CCCC2)cc1. The van der Waals surface area contributed by atoms with E-state index < -0.39 is 9.84 Å². The Bertz CT molecular complexity index is 839. The van der Waals surface area contributed by atoms with Crippen molar-refractivity contribution in [2.45, 2.75) is 35.8 Å². The topological polar surface area (TPSA) is 89.3 Å². The molecule has 0 spiro atoms. The third-order valence-corrected chi connectivity index (χ3v) is 6.67. The molecule has 6 heteroatoms. The molecule has 2 aromatic rings. The molecule has 126 valence electrons. The summed E-state index contributed by atoms with van der Waals surface area (Å²) in [5.74, 6) is -0.322. The molecule has 0 saturated heterocycles. The van der Waals surface area contributed by atoms with Crippen LogP contribution in [-0.4, -0.2) is 19.6 Å². The van der Waals surface area contributed by atoms with E-state index in [-0.39, 0.29) is 16.1 Å². The van der Waals surface area contributed by atoms with Crippen molar-refractivity contribution in [1.82, 2.24) is 0 Å². The molecule has 0 atom stereocenters. The maximum atomic E-state index is 12.5. The van der Waals surface area contributed by atoms with Gasteiger partial charge in [-0.1, -0.05) is 25.0 Å². The summed E-state index contributed by atoms with van der Waals surface area (Å²) in [5.41, 5.74) is 7.21. The van der Waals surface area contributed by atoms with E-state index in [1.807, 2.05) is 0 Å². The molecule has 1 aliphatic rings. The number of anilines is 2. The van der Waals surface area contributed by atoms with Gasteiger partial charge in [0.25, 0.3) is 5.91 Å². The second-order valence-electron chi connectivity index (χ2n) is 6.02. The quantitative estimate of drug-likeness (QED) is 0.833. The van der Waals surface area contributed by atoms with E-state index in [9.17, 15) is 13.2 Å². The smallest absolute Gasteiger partial charge is 0.255 e. The fourth-order valence-electron chi connectivity index (χ4n) is 2.99. The molecule has 1 aliphatic carbocycles. The second kappa shape index (κ2) is 6.65. The van der Waals surface area contributed by atoms with E-state index in [4.69, 9.17) is 5.73 Å². The summed E-state index contributed by atoms with van der Waals surface area (Å²) in [7, 11) is -3.30. The summed E-state index contributed by atoms with van der Waals surface area (Å²) in [4.78, 5) is 12.5. The van der Waals surface area contributed by atoms with Crippen molar-refractivity contribution < 1.29 is 13.2 Å². The molecule has 24 heavy (non-hydrogen) atoms. The molecule has 0 bridgehead atoms. The average Bonchev–Trinajstić information content (AvgIpc) is 3.12. The Morgan fingerprint density at radius 3 is 2.25 bits per heavy atom. The predicted octanol–water partition coefficient (Wildman–Crippen LogP) is 3.24. The number of benzene rings is 2. The number of hydrogen-bond donors (Lipinski definition) is 2. The first kappa shape index (κ1) is 16.5. The lowest BCUT2D eigenvalue weighted by molar-refractivity contribution is 0.102. The number of nitrogens with two attached hydrogens (primary N) is 1. The van der Waals surface area contributed by atoms with Crippen molar-refractivity contribution in [3.63, 3.8) is 0 Å². The molecular formula is C18H20N2O3S. The van der Waals surface area contributed by atoms with E-state index in [2.05, 4.69) is 5.32 Å². The standard InChI is InChI=1S/C18H20N2O3S/c19-16-7-3-4-8-17(16)20-18(21)13-9-11-15(12-10-13)24(22,23)14-5-1-2-6-14/h3-4,7-12,14H,1-2,5-6,19H2,(H,20,21). The third kappa shape index (κ3) is 3.28. The maximum absolute atomic E-state index is 12.5. The Kier molecular flexibility index (Phi) is 4.57. The number of amides is 1. The van der Waals surface area contributed by atoms with Gasteiger partial charge in [-0.05, 0) is 49.2 Å². The van der Waals surface area contributed by atoms with E-state index in [1.54, 1.807) is 24.3 Å². The number of hydrogen-bond acceptors (Lipinski definition) is 4. The number of nitrogens with one attached hydrogen (secondary N) is 1. The van der Waals surface area contributed by atoms with Gasteiger partial charge in [-0.15, -0.1) is 0 Å². The first-order chi connectivity index (χ1) is 11.5. The summed E-state index contributed by atoms with van der Waals surface area (Å²) in [5, 5.41) is 2.44. The Morgan fingerprint density at radius 2 is 1.62 bits per heavy atom. The molecule has 0 aromatic heterocycles. The molecule has 3 rings (SSSR count). The molecule has 1 fully saturated rings. The monoisotopic (exact) mass is 344 g/mol. The first-order valence-corrected chi connectivity index (χ1v) is 9.53. The van der Waals surface area contributed by atoms with Gasteiger partial charge in [-0.2, -0.15) is 0 Å². The van der Waals surface area contributed by atoms with Crippen LogP contribution in [0, 0.1) is 0 Å². The molecule has 0 heterocycles. The van der Waals surface area contributed by atoms with Crippen molar-refractivity contribution in [2.24, 2.45) is 0 Å². The molecule has 0 unspecified atom stereocenters. The van der Waals surface area contributed by atoms with Crippen molar-refractivity contribution in [2.75, 3.05) is 11.1 Å². The third-order valence-electron chi connectivity index (χ3n) is 4.40. The number of rotatable bonds is 4. The number of sulfone groups is 1. The average molecular weight is 344 g/mol. The largest absolute Gasteiger partial charge is 0.397 e. The summed E-state index contributed by atoms with van der Waals surface area (Å²) in [6, 6.07) is 13.1. The van der Waals surface area contributed by atoms with Gasteiger partial charge in [0, 0.05) is 5.56 Å². The Labute approximate surface area is 141 Å². The van der Waals surface area contributed by atoms with Crippen LogP contribution in [0.25, 0.3) is 0 Å². The number of para-hydroxylation sites is 2. The lowest BCUT2D eigenvalue weighted by atomic mass is 10.2. The summed E-state index contributed by atoms with van der Waals surface area (Å²) >= 11 is 0. The highest BCUT2D eigenvalue weighted by Crippen LogP contribution is 2.29. The maximum Gasteiger partial charge on any atom is 0.255 e. The molecule has 0 aliphatic heterocycles.